The molecule has 1 atom stereocenters. The third-order valence-electron chi connectivity index (χ3n) is 2.27. The summed E-state index contributed by atoms with van der Waals surface area (Å²) in [5.41, 5.74) is 2.88. The number of hydrogen-bond donors (Lipinski definition) is 2. The Morgan fingerprint density at radius 3 is 3.07 bits per heavy atom. The molecule has 15 heavy (non-hydrogen) atoms. The van der Waals surface area contributed by atoms with E-state index in [-0.39, 0.29) is 6.04 Å². The normalized spacial score (nSPS) is 20.3. The molecule has 1 aromatic heterocycles. The largest absolute Gasteiger partial charge is 0.761 e. The highest BCUT2D eigenvalue weighted by atomic mass is 35.5. The Labute approximate surface area is 92.4 Å². The summed E-state index contributed by atoms with van der Waals surface area (Å²) in [5, 5.41) is 14.2. The van der Waals surface area contributed by atoms with E-state index >= 15 is 0 Å². The summed E-state index contributed by atoms with van der Waals surface area (Å²) < 4.78 is 5.22. The van der Waals surface area contributed by atoms with Gasteiger partial charge < -0.3 is 20.7 Å². The molecule has 0 bridgehead atoms. The molecule has 0 saturated carbocycles. The second-order valence-corrected chi connectivity index (χ2v) is 3.75. The number of aromatic nitrogens is 1. The second kappa shape index (κ2) is 4.65. The fourth-order valence-corrected chi connectivity index (χ4v) is 1.66. The van der Waals surface area contributed by atoms with Crippen molar-refractivity contribution in [2.24, 2.45) is 0 Å². The van der Waals surface area contributed by atoms with Gasteiger partial charge in [0.15, 0.2) is 0 Å². The van der Waals surface area contributed by atoms with Crippen LogP contribution in [0, 0.1) is 5.21 Å². The molecule has 1 aliphatic rings. The van der Waals surface area contributed by atoms with Crippen LogP contribution in [-0.4, -0.2) is 24.2 Å². The summed E-state index contributed by atoms with van der Waals surface area (Å²) in [6.07, 6.45) is 2.34. The van der Waals surface area contributed by atoms with E-state index in [1.807, 2.05) is 5.48 Å². The first-order valence-electron chi connectivity index (χ1n) is 4.67. The van der Waals surface area contributed by atoms with E-state index in [0.29, 0.717) is 23.1 Å². The van der Waals surface area contributed by atoms with E-state index in [1.54, 1.807) is 6.07 Å². The van der Waals surface area contributed by atoms with Crippen molar-refractivity contribution in [2.75, 3.05) is 24.0 Å². The summed E-state index contributed by atoms with van der Waals surface area (Å²) in [6, 6.07) is 1.86. The molecular weight excluding hydrogens is 218 g/mol. The molecule has 1 aliphatic heterocycles. The number of nitrogens with zero attached hydrogens (tertiary/aromatic N) is 1. The Hall–Kier alpha value is -1.04. The van der Waals surface area contributed by atoms with Gasteiger partial charge in [-0.2, -0.15) is 0 Å². The fourth-order valence-electron chi connectivity index (χ4n) is 1.50. The number of ether oxygens (including phenoxy) is 1. The summed E-state index contributed by atoms with van der Waals surface area (Å²) in [7, 11) is 0. The Morgan fingerprint density at radius 1 is 1.53 bits per heavy atom. The van der Waals surface area contributed by atoms with E-state index in [2.05, 4.69) is 10.3 Å². The third kappa shape index (κ3) is 2.50. The molecule has 1 unspecified atom stereocenters. The van der Waals surface area contributed by atoms with Crippen LogP contribution < -0.4 is 10.8 Å². The minimum Gasteiger partial charge on any atom is -0.761 e. The van der Waals surface area contributed by atoms with Crippen molar-refractivity contribution in [1.29, 1.82) is 0 Å². The molecule has 1 aromatic rings. The third-order valence-corrected chi connectivity index (χ3v) is 2.48. The van der Waals surface area contributed by atoms with Crippen molar-refractivity contribution >= 4 is 23.0 Å². The topological polar surface area (TPSA) is 69.2 Å². The molecule has 0 spiro atoms. The van der Waals surface area contributed by atoms with Gasteiger partial charge in [-0.3, -0.25) is 0 Å². The van der Waals surface area contributed by atoms with E-state index in [9.17, 15) is 5.21 Å². The Kier molecular flexibility index (Phi) is 3.25. The zero-order valence-electron chi connectivity index (χ0n) is 8.00. The Bertz CT molecular complexity index is 342. The number of anilines is 2. The lowest BCUT2D eigenvalue weighted by molar-refractivity contribution is 0.195. The van der Waals surface area contributed by atoms with Crippen LogP contribution >= 0.6 is 11.6 Å². The maximum absolute atomic E-state index is 10.6. The quantitative estimate of drug-likeness (QED) is 0.610. The average Bonchev–Trinajstić information content (AvgIpc) is 2.71. The monoisotopic (exact) mass is 228 g/mol. The van der Waals surface area contributed by atoms with E-state index in [0.717, 1.165) is 13.0 Å². The van der Waals surface area contributed by atoms with Crippen LogP contribution in [0.5, 0.6) is 0 Å². The van der Waals surface area contributed by atoms with Crippen LogP contribution in [0.2, 0.25) is 5.15 Å². The van der Waals surface area contributed by atoms with Crippen LogP contribution in [-0.2, 0) is 4.74 Å². The Balaban J connectivity index is 2.14. The molecule has 0 aromatic carbocycles. The van der Waals surface area contributed by atoms with Gasteiger partial charge >= 0.3 is 0 Å². The maximum Gasteiger partial charge on any atom is 0.131 e. The average molecular weight is 229 g/mol. The lowest BCUT2D eigenvalue weighted by Crippen LogP contribution is -2.19. The SMILES string of the molecule is [O-]Nc1cnc(Cl)cc1NC1CCOC1. The predicted molar refractivity (Wildman–Crippen MR) is 59.1 cm³/mol. The van der Waals surface area contributed by atoms with Gasteiger partial charge in [0.05, 0.1) is 30.2 Å². The van der Waals surface area contributed by atoms with Crippen LogP contribution in [0.3, 0.4) is 0 Å². The van der Waals surface area contributed by atoms with Gasteiger partial charge in [-0.05, 0) is 6.42 Å². The van der Waals surface area contributed by atoms with Gasteiger partial charge in [0.25, 0.3) is 0 Å². The van der Waals surface area contributed by atoms with Crippen molar-refractivity contribution in [2.45, 2.75) is 12.5 Å². The van der Waals surface area contributed by atoms with Gasteiger partial charge in [-0.15, -0.1) is 0 Å². The first kappa shape index (κ1) is 10.5. The van der Waals surface area contributed by atoms with E-state index < -0.39 is 0 Å². The standard InChI is InChI=1S/C9H11ClN3O2/c10-9-3-7(8(13-14)4-11-9)12-6-1-2-15-5-6/h3-4,6,13H,1-2,5H2,(H,11,12)/q-1. The molecule has 2 N–H and O–H groups in total. The number of hydrogen-bond acceptors (Lipinski definition) is 5. The smallest absolute Gasteiger partial charge is 0.131 e. The van der Waals surface area contributed by atoms with Gasteiger partial charge in [0.1, 0.15) is 5.15 Å². The van der Waals surface area contributed by atoms with Gasteiger partial charge in [-0.25, -0.2) is 4.98 Å². The number of rotatable bonds is 3. The summed E-state index contributed by atoms with van der Waals surface area (Å²) in [5.74, 6) is 0. The molecule has 82 valence electrons. The molecule has 6 heteroatoms. The van der Waals surface area contributed by atoms with Crippen LogP contribution in [0.4, 0.5) is 11.4 Å². The second-order valence-electron chi connectivity index (χ2n) is 3.36. The molecule has 2 rings (SSSR count). The predicted octanol–water partition coefficient (Wildman–Crippen LogP) is 1.85. The number of pyridine rings is 1. The molecule has 0 radical (unpaired) electrons. The fraction of sp³-hybridized carbons (Fsp3) is 0.444. The zero-order valence-corrected chi connectivity index (χ0v) is 8.75. The number of halogens is 1. The lowest BCUT2D eigenvalue weighted by Gasteiger charge is -2.18. The van der Waals surface area contributed by atoms with Crippen LogP contribution in [0.1, 0.15) is 6.42 Å². The van der Waals surface area contributed by atoms with Crippen molar-refractivity contribution < 1.29 is 4.74 Å². The molecule has 2 heterocycles. The molecule has 1 fully saturated rings. The first-order valence-corrected chi connectivity index (χ1v) is 5.05. The molecule has 1 saturated heterocycles. The zero-order chi connectivity index (χ0) is 10.7. The number of nitrogens with one attached hydrogen (secondary N) is 2. The molecule has 0 amide bonds. The highest BCUT2D eigenvalue weighted by molar-refractivity contribution is 6.29. The maximum atomic E-state index is 10.6. The highest BCUT2D eigenvalue weighted by Gasteiger charge is 2.16. The lowest BCUT2D eigenvalue weighted by atomic mass is 10.2. The van der Waals surface area contributed by atoms with E-state index in [4.69, 9.17) is 16.3 Å². The van der Waals surface area contributed by atoms with E-state index in [1.165, 1.54) is 6.20 Å². The van der Waals surface area contributed by atoms with Crippen LogP contribution in [0.25, 0.3) is 0 Å². The summed E-state index contributed by atoms with van der Waals surface area (Å²) >= 11 is 5.75. The summed E-state index contributed by atoms with van der Waals surface area (Å²) in [4.78, 5) is 3.82. The Morgan fingerprint density at radius 2 is 2.40 bits per heavy atom. The van der Waals surface area contributed by atoms with Crippen LogP contribution in [0.15, 0.2) is 12.3 Å². The molecule has 5 nitrogen and oxygen atoms in total. The minimum absolute atomic E-state index is 0.232. The van der Waals surface area contributed by atoms with Crippen molar-refractivity contribution in [3.05, 3.63) is 22.6 Å². The highest BCUT2D eigenvalue weighted by Crippen LogP contribution is 2.25. The summed E-state index contributed by atoms with van der Waals surface area (Å²) in [6.45, 7) is 1.40. The van der Waals surface area contributed by atoms with Crippen molar-refractivity contribution in [3.8, 4) is 0 Å². The van der Waals surface area contributed by atoms with Gasteiger partial charge in [-0.1, -0.05) is 11.6 Å². The van der Waals surface area contributed by atoms with Crippen molar-refractivity contribution in [1.82, 2.24) is 4.98 Å². The van der Waals surface area contributed by atoms with Crippen molar-refractivity contribution in [3.63, 3.8) is 0 Å². The first-order chi connectivity index (χ1) is 7.29. The van der Waals surface area contributed by atoms with Gasteiger partial charge in [0.2, 0.25) is 0 Å². The van der Waals surface area contributed by atoms with Gasteiger partial charge in [0, 0.05) is 12.7 Å². The minimum atomic E-state index is 0.232. The molecule has 0 aliphatic carbocycles. The molecular formula is C9H11ClN3O2-.